The van der Waals surface area contributed by atoms with Crippen LogP contribution in [0.25, 0.3) is 5.57 Å². The van der Waals surface area contributed by atoms with Crippen molar-refractivity contribution in [3.05, 3.63) is 75.3 Å². The molecular formula is C32H30F9N3O3S. The lowest BCUT2D eigenvalue weighted by atomic mass is 9.72. The van der Waals surface area contributed by atoms with Gasteiger partial charge in [0.1, 0.15) is 11.9 Å². The van der Waals surface area contributed by atoms with Crippen molar-refractivity contribution in [3.8, 4) is 5.75 Å². The van der Waals surface area contributed by atoms with E-state index in [1.54, 1.807) is 18.2 Å². The number of nitrogens with one attached hydrogen (secondary N) is 1. The van der Waals surface area contributed by atoms with Crippen molar-refractivity contribution in [1.82, 2.24) is 9.88 Å². The van der Waals surface area contributed by atoms with Gasteiger partial charge in [-0.15, -0.1) is 11.3 Å². The van der Waals surface area contributed by atoms with E-state index >= 15 is 0 Å². The van der Waals surface area contributed by atoms with Gasteiger partial charge in [-0.25, -0.2) is 9.78 Å². The highest BCUT2D eigenvalue weighted by molar-refractivity contribution is 7.13. The summed E-state index contributed by atoms with van der Waals surface area (Å²) in [4.78, 5) is 18.1. The maximum atomic E-state index is 13.6. The average Bonchev–Trinajstić information content (AvgIpc) is 3.56. The third-order valence-corrected chi connectivity index (χ3v) is 9.19. The summed E-state index contributed by atoms with van der Waals surface area (Å²) in [5, 5.41) is 3.79. The molecule has 5 rings (SSSR count). The van der Waals surface area contributed by atoms with Crippen molar-refractivity contribution >= 4 is 33.8 Å². The van der Waals surface area contributed by atoms with Crippen LogP contribution in [0.5, 0.6) is 5.75 Å². The number of allylic oxidation sites excluding steroid dienone is 1. The number of hydrogen-bond acceptors (Lipinski definition) is 6. The Labute approximate surface area is 273 Å². The average molecular weight is 708 g/mol. The van der Waals surface area contributed by atoms with Crippen molar-refractivity contribution in [1.29, 1.82) is 0 Å². The number of hydrogen-bond donors (Lipinski definition) is 1. The molecule has 1 unspecified atom stereocenters. The van der Waals surface area contributed by atoms with E-state index in [1.807, 2.05) is 13.8 Å². The highest BCUT2D eigenvalue weighted by Gasteiger charge is 2.44. The number of alkyl halides is 9. The van der Waals surface area contributed by atoms with E-state index < -0.39 is 59.2 Å². The van der Waals surface area contributed by atoms with Gasteiger partial charge in [-0.3, -0.25) is 4.90 Å². The van der Waals surface area contributed by atoms with Crippen LogP contribution in [-0.2, 0) is 23.3 Å². The van der Waals surface area contributed by atoms with E-state index in [0.717, 1.165) is 34.3 Å². The van der Waals surface area contributed by atoms with Crippen LogP contribution in [0.2, 0.25) is 0 Å². The molecule has 1 N–H and O–H groups in total. The molecule has 1 aromatic heterocycles. The number of carbonyl (C=O) groups is 1. The van der Waals surface area contributed by atoms with Crippen LogP contribution in [-0.4, -0.2) is 35.7 Å². The number of carbonyl (C=O) groups excluding carboxylic acids is 1. The SMILES string of the molecule is COc1ccc(Nc2nc(C(F)(F)F)cs2)cc1C1=C(CN2C(=O)OC(c3cc(C(F)(F)F)cc(C(F)(F)F)c3)[C@@H]2C)CC(C)(C)CC1. The van der Waals surface area contributed by atoms with Crippen LogP contribution in [0.15, 0.2) is 47.4 Å². The predicted octanol–water partition coefficient (Wildman–Crippen LogP) is 10.5. The number of thiazole rings is 1. The van der Waals surface area contributed by atoms with Crippen LogP contribution in [0, 0.1) is 5.41 Å². The summed E-state index contributed by atoms with van der Waals surface area (Å²) in [6, 6.07) is 5.13. The Bertz CT molecular complexity index is 1700. The Kier molecular flexibility index (Phi) is 9.20. The lowest BCUT2D eigenvalue weighted by Gasteiger charge is -2.36. The summed E-state index contributed by atoms with van der Waals surface area (Å²) in [6.07, 6.45) is -15.3. The summed E-state index contributed by atoms with van der Waals surface area (Å²) in [6.45, 7) is 5.50. The van der Waals surface area contributed by atoms with Gasteiger partial charge in [-0.1, -0.05) is 13.8 Å². The number of nitrogens with zero attached hydrogens (tertiary/aromatic N) is 2. The second-order valence-corrected chi connectivity index (χ2v) is 13.4. The smallest absolute Gasteiger partial charge is 0.434 e. The van der Waals surface area contributed by atoms with Gasteiger partial charge in [-0.05, 0) is 84.7 Å². The van der Waals surface area contributed by atoms with E-state index in [2.05, 4.69) is 10.3 Å². The molecule has 0 bridgehead atoms. The second-order valence-electron chi connectivity index (χ2n) is 12.5. The van der Waals surface area contributed by atoms with Crippen molar-refractivity contribution in [3.63, 3.8) is 0 Å². The zero-order valence-corrected chi connectivity index (χ0v) is 26.8. The number of methoxy groups -OCH3 is 1. The maximum absolute atomic E-state index is 13.6. The minimum Gasteiger partial charge on any atom is -0.496 e. The van der Waals surface area contributed by atoms with E-state index in [-0.39, 0.29) is 23.2 Å². The molecule has 1 amide bonds. The highest BCUT2D eigenvalue weighted by atomic mass is 32.1. The molecular weight excluding hydrogens is 677 g/mol. The Balaban J connectivity index is 1.50. The number of rotatable bonds is 7. The van der Waals surface area contributed by atoms with Crippen molar-refractivity contribution in [2.45, 2.75) is 70.7 Å². The molecule has 1 aliphatic heterocycles. The second kappa shape index (κ2) is 12.5. The lowest BCUT2D eigenvalue weighted by Crippen LogP contribution is -2.35. The topological polar surface area (TPSA) is 63.7 Å². The minimum atomic E-state index is -5.07. The van der Waals surface area contributed by atoms with E-state index in [0.29, 0.717) is 42.0 Å². The molecule has 0 spiro atoms. The van der Waals surface area contributed by atoms with Crippen LogP contribution < -0.4 is 10.1 Å². The van der Waals surface area contributed by atoms with E-state index in [9.17, 15) is 44.3 Å². The molecule has 2 aromatic carbocycles. The van der Waals surface area contributed by atoms with Gasteiger partial charge in [0.15, 0.2) is 10.8 Å². The first-order valence-electron chi connectivity index (χ1n) is 14.6. The summed E-state index contributed by atoms with van der Waals surface area (Å²) in [5.41, 5.74) is -2.16. The molecule has 0 radical (unpaired) electrons. The number of benzene rings is 2. The van der Waals surface area contributed by atoms with Gasteiger partial charge < -0.3 is 14.8 Å². The number of halogens is 9. The Morgan fingerprint density at radius 3 is 2.21 bits per heavy atom. The van der Waals surface area contributed by atoms with Crippen LogP contribution >= 0.6 is 11.3 Å². The summed E-state index contributed by atoms with van der Waals surface area (Å²) in [5.74, 6) is 0.446. The summed E-state index contributed by atoms with van der Waals surface area (Å²) in [7, 11) is 1.45. The Hall–Kier alpha value is -3.95. The highest BCUT2D eigenvalue weighted by Crippen LogP contribution is 2.47. The molecule has 2 atom stereocenters. The van der Waals surface area contributed by atoms with Crippen LogP contribution in [0.3, 0.4) is 0 Å². The molecule has 1 fully saturated rings. The molecule has 260 valence electrons. The zero-order valence-electron chi connectivity index (χ0n) is 26.0. The van der Waals surface area contributed by atoms with Crippen molar-refractivity contribution < 1.29 is 53.8 Å². The van der Waals surface area contributed by atoms with Gasteiger partial charge in [0, 0.05) is 23.2 Å². The molecule has 3 aromatic rings. The standard InChI is InChI=1S/C32H30F9N3O3S/c1-16-26(17-9-19(30(33,34)35)11-20(10-17)31(36,37)38)47-28(45)44(16)14-18-13-29(2,3)8-7-22(18)23-12-21(5-6-24(23)46-4)42-27-43-25(15-48-27)32(39,40)41/h5-6,9-12,15-16,26H,7-8,13-14H2,1-4H3,(H,42,43)/t16-,26?/m0/s1. The minimum absolute atomic E-state index is 0.0142. The predicted molar refractivity (Wildman–Crippen MR) is 160 cm³/mol. The monoisotopic (exact) mass is 707 g/mol. The van der Waals surface area contributed by atoms with Crippen LogP contribution in [0.1, 0.15) is 74.1 Å². The normalized spacial score (nSPS) is 20.3. The number of cyclic esters (lactones) is 1. The molecule has 1 saturated heterocycles. The van der Waals surface area contributed by atoms with Crippen molar-refractivity contribution in [2.75, 3.05) is 19.0 Å². The van der Waals surface area contributed by atoms with E-state index in [4.69, 9.17) is 9.47 Å². The molecule has 6 nitrogen and oxygen atoms in total. The summed E-state index contributed by atoms with van der Waals surface area (Å²) < 4.78 is 132. The fraction of sp³-hybridized carbons (Fsp3) is 0.438. The third-order valence-electron chi connectivity index (χ3n) is 8.43. The largest absolute Gasteiger partial charge is 0.496 e. The molecule has 2 aliphatic rings. The molecule has 48 heavy (non-hydrogen) atoms. The first-order valence-corrected chi connectivity index (χ1v) is 15.5. The first-order chi connectivity index (χ1) is 22.2. The molecule has 0 saturated carbocycles. The lowest BCUT2D eigenvalue weighted by molar-refractivity contribution is -0.143. The number of ether oxygens (including phenoxy) is 2. The Morgan fingerprint density at radius 2 is 1.65 bits per heavy atom. The van der Waals surface area contributed by atoms with Crippen molar-refractivity contribution in [2.24, 2.45) is 5.41 Å². The quantitative estimate of drug-likeness (QED) is 0.248. The Morgan fingerprint density at radius 1 is 1.00 bits per heavy atom. The van der Waals surface area contributed by atoms with Gasteiger partial charge >= 0.3 is 24.6 Å². The number of aromatic nitrogens is 1. The third kappa shape index (κ3) is 7.52. The van der Waals surface area contributed by atoms with Gasteiger partial charge in [-0.2, -0.15) is 39.5 Å². The zero-order chi connectivity index (χ0) is 35.4. The number of anilines is 2. The first kappa shape index (κ1) is 35.4. The van der Waals surface area contributed by atoms with Gasteiger partial charge in [0.2, 0.25) is 0 Å². The van der Waals surface area contributed by atoms with E-state index in [1.165, 1.54) is 18.9 Å². The number of amides is 1. The fourth-order valence-electron chi connectivity index (χ4n) is 6.00. The maximum Gasteiger partial charge on any atom is 0.434 e. The van der Waals surface area contributed by atoms with Gasteiger partial charge in [0.25, 0.3) is 0 Å². The fourth-order valence-corrected chi connectivity index (χ4v) is 6.74. The molecule has 1 aliphatic carbocycles. The molecule has 2 heterocycles. The summed E-state index contributed by atoms with van der Waals surface area (Å²) >= 11 is 0.779. The van der Waals surface area contributed by atoms with Gasteiger partial charge in [0.05, 0.1) is 24.3 Å². The van der Waals surface area contributed by atoms with Crippen LogP contribution in [0.4, 0.5) is 55.1 Å². The molecule has 16 heteroatoms.